The fourth-order valence-electron chi connectivity index (χ4n) is 3.82. The van der Waals surface area contributed by atoms with Crippen LogP contribution in [0, 0.1) is 6.92 Å². The van der Waals surface area contributed by atoms with Crippen LogP contribution in [0.1, 0.15) is 36.4 Å². The average molecular weight is 339 g/mol. The number of rotatable bonds is 4. The number of hydrogen-bond acceptors (Lipinski definition) is 6. The van der Waals surface area contributed by atoms with Crippen LogP contribution in [0.5, 0.6) is 0 Å². The van der Waals surface area contributed by atoms with E-state index < -0.39 is 0 Å². The van der Waals surface area contributed by atoms with Crippen molar-refractivity contribution < 1.29 is 4.74 Å². The van der Waals surface area contributed by atoms with E-state index in [0.717, 1.165) is 62.0 Å². The number of hydrogen-bond donors (Lipinski definition) is 1. The van der Waals surface area contributed by atoms with E-state index in [2.05, 4.69) is 25.2 Å². The summed E-state index contributed by atoms with van der Waals surface area (Å²) in [4.78, 5) is 16.2. The first-order valence-corrected chi connectivity index (χ1v) is 9.12. The number of piperidine rings is 1. The highest BCUT2D eigenvalue weighted by Gasteiger charge is 2.30. The molecule has 4 heterocycles. The Bertz CT molecular complexity index is 708. The molecule has 0 aromatic carbocycles. The van der Waals surface area contributed by atoms with E-state index in [1.807, 2.05) is 19.1 Å². The van der Waals surface area contributed by atoms with Crippen LogP contribution in [0.15, 0.2) is 30.7 Å². The summed E-state index contributed by atoms with van der Waals surface area (Å²) in [5.41, 5.74) is 2.17. The summed E-state index contributed by atoms with van der Waals surface area (Å²) in [5.74, 6) is 2.13. The second-order valence-electron chi connectivity index (χ2n) is 6.91. The molecule has 2 fully saturated rings. The third kappa shape index (κ3) is 3.65. The van der Waals surface area contributed by atoms with Crippen LogP contribution in [0.3, 0.4) is 0 Å². The summed E-state index contributed by atoms with van der Waals surface area (Å²) in [5, 5.41) is 3.39. The third-order valence-electron chi connectivity index (χ3n) is 5.31. The monoisotopic (exact) mass is 339 g/mol. The number of nitrogens with zero attached hydrogens (tertiary/aromatic N) is 4. The molecule has 2 aliphatic rings. The van der Waals surface area contributed by atoms with Crippen LogP contribution in [0.4, 0.5) is 11.6 Å². The highest BCUT2D eigenvalue weighted by Crippen LogP contribution is 2.33. The van der Waals surface area contributed by atoms with Gasteiger partial charge in [0, 0.05) is 37.2 Å². The highest BCUT2D eigenvalue weighted by molar-refractivity contribution is 5.57. The van der Waals surface area contributed by atoms with Gasteiger partial charge in [-0.2, -0.15) is 0 Å². The van der Waals surface area contributed by atoms with E-state index in [1.54, 1.807) is 18.6 Å². The zero-order chi connectivity index (χ0) is 17.1. The molecule has 0 amide bonds. The fraction of sp³-hybridized carbons (Fsp3) is 0.526. The van der Waals surface area contributed by atoms with E-state index in [0.29, 0.717) is 12.0 Å². The second-order valence-corrected chi connectivity index (χ2v) is 6.91. The normalized spacial score (nSPS) is 22.2. The van der Waals surface area contributed by atoms with E-state index in [-0.39, 0.29) is 0 Å². The number of likely N-dealkylation sites (tertiary alicyclic amines) is 1. The predicted molar refractivity (Wildman–Crippen MR) is 97.1 cm³/mol. The second kappa shape index (κ2) is 7.45. The van der Waals surface area contributed by atoms with Gasteiger partial charge in [-0.05, 0) is 50.9 Å². The summed E-state index contributed by atoms with van der Waals surface area (Å²) in [6, 6.07) is 4.60. The Kier molecular flexibility index (Phi) is 4.90. The lowest BCUT2D eigenvalue weighted by atomic mass is 9.92. The van der Waals surface area contributed by atoms with Gasteiger partial charge in [0.15, 0.2) is 5.82 Å². The number of pyridine rings is 1. The van der Waals surface area contributed by atoms with Gasteiger partial charge in [0.2, 0.25) is 0 Å². The molecule has 1 atom stereocenters. The molecule has 6 heteroatoms. The molecule has 0 aliphatic carbocycles. The zero-order valence-corrected chi connectivity index (χ0v) is 14.7. The van der Waals surface area contributed by atoms with Gasteiger partial charge in [0.1, 0.15) is 5.82 Å². The van der Waals surface area contributed by atoms with Gasteiger partial charge in [-0.1, -0.05) is 6.07 Å². The Morgan fingerprint density at radius 1 is 1.04 bits per heavy atom. The maximum atomic E-state index is 5.54. The Morgan fingerprint density at radius 2 is 1.84 bits per heavy atom. The zero-order valence-electron chi connectivity index (χ0n) is 14.7. The van der Waals surface area contributed by atoms with Crippen LogP contribution in [-0.4, -0.2) is 52.2 Å². The summed E-state index contributed by atoms with van der Waals surface area (Å²) < 4.78 is 5.54. The van der Waals surface area contributed by atoms with Crippen molar-refractivity contribution in [3.05, 3.63) is 42.0 Å². The van der Waals surface area contributed by atoms with Crippen LogP contribution in [-0.2, 0) is 4.74 Å². The SMILES string of the molecule is Cc1cccnc1Nc1nccnc1C1CCN(C2CCOC2)CC1. The van der Waals surface area contributed by atoms with Gasteiger partial charge >= 0.3 is 0 Å². The van der Waals surface area contributed by atoms with Crippen molar-refractivity contribution in [2.24, 2.45) is 0 Å². The molecule has 2 saturated heterocycles. The largest absolute Gasteiger partial charge is 0.380 e. The molecular formula is C19H25N5O. The van der Waals surface area contributed by atoms with Gasteiger partial charge in [-0.15, -0.1) is 0 Å². The predicted octanol–water partition coefficient (Wildman–Crippen LogP) is 2.89. The molecule has 2 aromatic rings. The lowest BCUT2D eigenvalue weighted by Crippen LogP contribution is -2.41. The number of nitrogens with one attached hydrogen (secondary N) is 1. The molecule has 2 aliphatic heterocycles. The van der Waals surface area contributed by atoms with Crippen molar-refractivity contribution in [2.75, 3.05) is 31.6 Å². The summed E-state index contributed by atoms with van der Waals surface area (Å²) in [6.07, 6.45) is 8.74. The fourth-order valence-corrected chi connectivity index (χ4v) is 3.82. The van der Waals surface area contributed by atoms with E-state index in [4.69, 9.17) is 4.74 Å². The van der Waals surface area contributed by atoms with Crippen LogP contribution >= 0.6 is 0 Å². The third-order valence-corrected chi connectivity index (χ3v) is 5.31. The molecule has 0 saturated carbocycles. The van der Waals surface area contributed by atoms with Crippen molar-refractivity contribution >= 4 is 11.6 Å². The summed E-state index contributed by atoms with van der Waals surface area (Å²) >= 11 is 0. The van der Waals surface area contributed by atoms with E-state index in [1.165, 1.54) is 6.42 Å². The minimum absolute atomic E-state index is 0.443. The molecule has 4 rings (SSSR count). The Morgan fingerprint density at radius 3 is 2.60 bits per heavy atom. The number of ether oxygens (including phenoxy) is 1. The van der Waals surface area contributed by atoms with Crippen LogP contribution < -0.4 is 5.32 Å². The molecule has 6 nitrogen and oxygen atoms in total. The molecule has 2 aromatic heterocycles. The first-order valence-electron chi connectivity index (χ1n) is 9.12. The maximum absolute atomic E-state index is 5.54. The molecule has 25 heavy (non-hydrogen) atoms. The van der Waals surface area contributed by atoms with Crippen molar-refractivity contribution in [3.8, 4) is 0 Å². The molecular weight excluding hydrogens is 314 g/mol. The van der Waals surface area contributed by atoms with Gasteiger partial charge in [0.25, 0.3) is 0 Å². The molecule has 0 spiro atoms. The summed E-state index contributed by atoms with van der Waals surface area (Å²) in [6.45, 7) is 6.07. The minimum Gasteiger partial charge on any atom is -0.380 e. The first-order chi connectivity index (χ1) is 12.3. The first kappa shape index (κ1) is 16.4. The smallest absolute Gasteiger partial charge is 0.153 e. The molecule has 1 N–H and O–H groups in total. The molecule has 132 valence electrons. The van der Waals surface area contributed by atoms with Crippen LogP contribution in [0.2, 0.25) is 0 Å². The quantitative estimate of drug-likeness (QED) is 0.924. The summed E-state index contributed by atoms with van der Waals surface area (Å²) in [7, 11) is 0. The Hall–Kier alpha value is -2.05. The molecule has 0 radical (unpaired) electrons. The molecule has 0 bridgehead atoms. The van der Waals surface area contributed by atoms with Crippen LogP contribution in [0.25, 0.3) is 0 Å². The Balaban J connectivity index is 1.47. The lowest BCUT2D eigenvalue weighted by Gasteiger charge is -2.35. The number of aryl methyl sites for hydroxylation is 1. The number of aromatic nitrogens is 3. The molecule has 1 unspecified atom stereocenters. The topological polar surface area (TPSA) is 63.2 Å². The lowest BCUT2D eigenvalue weighted by molar-refractivity contribution is 0.121. The standard InChI is InChI=1S/C19H25N5O/c1-14-3-2-7-21-18(14)23-19-17(20-8-9-22-19)15-4-10-24(11-5-15)16-6-12-25-13-16/h2-3,7-9,15-16H,4-6,10-13H2,1H3,(H,21,22,23). The van der Waals surface area contributed by atoms with Crippen molar-refractivity contribution in [3.63, 3.8) is 0 Å². The van der Waals surface area contributed by atoms with Gasteiger partial charge in [0.05, 0.1) is 12.3 Å². The van der Waals surface area contributed by atoms with Gasteiger partial charge < -0.3 is 10.1 Å². The maximum Gasteiger partial charge on any atom is 0.153 e. The van der Waals surface area contributed by atoms with Crippen molar-refractivity contribution in [1.29, 1.82) is 0 Å². The Labute approximate surface area is 148 Å². The van der Waals surface area contributed by atoms with Crippen molar-refractivity contribution in [2.45, 2.75) is 38.1 Å². The van der Waals surface area contributed by atoms with Gasteiger partial charge in [-0.25, -0.2) is 9.97 Å². The van der Waals surface area contributed by atoms with E-state index >= 15 is 0 Å². The van der Waals surface area contributed by atoms with E-state index in [9.17, 15) is 0 Å². The number of anilines is 2. The van der Waals surface area contributed by atoms with Gasteiger partial charge in [-0.3, -0.25) is 9.88 Å². The minimum atomic E-state index is 0.443. The average Bonchev–Trinajstić information content (AvgIpc) is 3.19. The van der Waals surface area contributed by atoms with Crippen molar-refractivity contribution in [1.82, 2.24) is 19.9 Å². The highest BCUT2D eigenvalue weighted by atomic mass is 16.5.